The minimum Gasteiger partial charge on any atom is -0.464 e. The van der Waals surface area contributed by atoms with E-state index in [1.807, 2.05) is 24.3 Å². The number of hydrogen-bond donors (Lipinski definition) is 0. The molecule has 3 aromatic rings. The summed E-state index contributed by atoms with van der Waals surface area (Å²) in [6.45, 7) is 6.03. The molecule has 39 heavy (non-hydrogen) atoms. The van der Waals surface area contributed by atoms with Gasteiger partial charge in [0.15, 0.2) is 0 Å². The number of likely N-dealkylation sites (tertiary alicyclic amines) is 1. The highest BCUT2D eigenvalue weighted by molar-refractivity contribution is 6.24. The number of benzene rings is 3. The smallest absolute Gasteiger partial charge is 0.329 e. The number of amides is 2. The molecule has 3 aromatic carbocycles. The summed E-state index contributed by atoms with van der Waals surface area (Å²) in [6.07, 6.45) is 5.96. The molecule has 6 nitrogen and oxygen atoms in total. The lowest BCUT2D eigenvalue weighted by Crippen LogP contribution is -2.45. The first-order valence-corrected chi connectivity index (χ1v) is 12.7. The zero-order valence-electron chi connectivity index (χ0n) is 21.4. The number of ether oxygens (including phenoxy) is 1. The maximum atomic E-state index is 14.1. The Morgan fingerprint density at radius 3 is 2.28 bits per heavy atom. The van der Waals surface area contributed by atoms with E-state index in [-0.39, 0.29) is 13.0 Å². The highest BCUT2D eigenvalue weighted by atomic mass is 19.1. The number of hydrogen-bond acceptors (Lipinski definition) is 5. The van der Waals surface area contributed by atoms with Crippen molar-refractivity contribution in [2.75, 3.05) is 11.5 Å². The number of anilines is 1. The molecule has 0 aliphatic carbocycles. The number of fused-ring (bicyclic) bond motifs is 1. The van der Waals surface area contributed by atoms with Gasteiger partial charge in [0, 0.05) is 12.1 Å². The summed E-state index contributed by atoms with van der Waals surface area (Å²) < 4.78 is 19.2. The molecule has 5 rings (SSSR count). The number of halogens is 1. The summed E-state index contributed by atoms with van der Waals surface area (Å²) in [5.41, 5.74) is 2.86. The zero-order valence-corrected chi connectivity index (χ0v) is 21.4. The summed E-state index contributed by atoms with van der Waals surface area (Å²) >= 11 is 0. The number of nitrogens with zero attached hydrogens (tertiary/aromatic N) is 2. The van der Waals surface area contributed by atoms with Crippen LogP contribution in [0.3, 0.4) is 0 Å². The Labute approximate surface area is 226 Å². The zero-order chi connectivity index (χ0) is 27.7. The Hall–Kier alpha value is -4.70. The molecule has 0 N–H and O–H groups in total. The number of rotatable bonds is 7. The van der Waals surface area contributed by atoms with E-state index in [0.29, 0.717) is 16.9 Å². The van der Waals surface area contributed by atoms with E-state index >= 15 is 0 Å². The van der Waals surface area contributed by atoms with Crippen molar-refractivity contribution in [3.63, 3.8) is 0 Å². The van der Waals surface area contributed by atoms with E-state index in [9.17, 15) is 18.8 Å². The van der Waals surface area contributed by atoms with Crippen LogP contribution in [0.1, 0.15) is 29.7 Å². The molecule has 0 saturated carbocycles. The van der Waals surface area contributed by atoms with Gasteiger partial charge < -0.3 is 9.64 Å². The Morgan fingerprint density at radius 2 is 1.62 bits per heavy atom. The second-order valence-corrected chi connectivity index (χ2v) is 9.48. The topological polar surface area (TPSA) is 66.9 Å². The number of terminal acetylenes is 1. The van der Waals surface area contributed by atoms with Crippen LogP contribution in [0.25, 0.3) is 5.70 Å². The second-order valence-electron chi connectivity index (χ2n) is 9.48. The van der Waals surface area contributed by atoms with Gasteiger partial charge in [-0.2, -0.15) is 0 Å². The fraction of sp³-hybridized carbons (Fsp3) is 0.219. The molecule has 2 heterocycles. The molecule has 0 aromatic heterocycles. The normalized spacial score (nSPS) is 22.0. The minimum absolute atomic E-state index is 0.0898. The Balaban J connectivity index is 1.73. The van der Waals surface area contributed by atoms with Gasteiger partial charge >= 0.3 is 5.97 Å². The second kappa shape index (κ2) is 10.6. The van der Waals surface area contributed by atoms with E-state index in [1.165, 1.54) is 12.1 Å². The monoisotopic (exact) mass is 522 g/mol. The third-order valence-electron chi connectivity index (χ3n) is 7.38. The molecule has 4 atom stereocenters. The van der Waals surface area contributed by atoms with Crippen molar-refractivity contribution < 1.29 is 23.5 Å². The molecular formula is C32H27FN2O4. The van der Waals surface area contributed by atoms with Gasteiger partial charge in [0.1, 0.15) is 11.9 Å². The van der Waals surface area contributed by atoms with Crippen molar-refractivity contribution in [3.8, 4) is 12.3 Å². The predicted octanol–water partition coefficient (Wildman–Crippen LogP) is 4.77. The lowest BCUT2D eigenvalue weighted by Gasteiger charge is -2.36. The molecule has 196 valence electrons. The molecule has 2 fully saturated rings. The van der Waals surface area contributed by atoms with Crippen LogP contribution >= 0.6 is 0 Å². The SMILES string of the molecule is C#CCc1ccccc1[C@@H]1[C@@H]2C(=O)N(c3ccccc3)C(=O)[C@@H]2[C@@H](C(=O)OCC)N1C(=C)c1ccc(F)cc1. The average molecular weight is 523 g/mol. The van der Waals surface area contributed by atoms with Gasteiger partial charge in [-0.3, -0.25) is 9.59 Å². The van der Waals surface area contributed by atoms with Gasteiger partial charge in [0.05, 0.1) is 30.2 Å². The van der Waals surface area contributed by atoms with Crippen molar-refractivity contribution in [1.82, 2.24) is 4.90 Å². The van der Waals surface area contributed by atoms with Crippen molar-refractivity contribution in [2.24, 2.45) is 11.8 Å². The molecule has 2 saturated heterocycles. The first kappa shape index (κ1) is 25.9. The van der Waals surface area contributed by atoms with Gasteiger partial charge in [-0.25, -0.2) is 14.1 Å². The maximum Gasteiger partial charge on any atom is 0.329 e. The third kappa shape index (κ3) is 4.38. The summed E-state index contributed by atoms with van der Waals surface area (Å²) in [5, 5.41) is 0. The van der Waals surface area contributed by atoms with Crippen molar-refractivity contribution in [2.45, 2.75) is 25.4 Å². The molecule has 0 radical (unpaired) electrons. The van der Waals surface area contributed by atoms with Crippen LogP contribution in [-0.4, -0.2) is 35.3 Å². The molecule has 2 aliphatic heterocycles. The highest BCUT2D eigenvalue weighted by Crippen LogP contribution is 2.54. The highest BCUT2D eigenvalue weighted by Gasteiger charge is 2.65. The van der Waals surface area contributed by atoms with Crippen LogP contribution in [0.2, 0.25) is 0 Å². The van der Waals surface area contributed by atoms with Crippen molar-refractivity contribution >= 4 is 29.2 Å². The van der Waals surface area contributed by atoms with Crippen LogP contribution in [0.15, 0.2) is 85.4 Å². The standard InChI is InChI=1S/C32H27FN2O4/c1-4-11-22-12-9-10-15-25(22)28-26-27(31(37)35(30(26)36)24-13-7-6-8-14-24)29(32(38)39-5-2)34(28)20(3)21-16-18-23(33)19-17-21/h1,6-10,12-19,26-29H,3,5,11H2,2H3/t26-,27+,28-,29+/m1/s1. The fourth-order valence-corrected chi connectivity index (χ4v) is 5.78. The number of carbonyl (C=O) groups excluding carboxylic acids is 3. The van der Waals surface area contributed by atoms with Gasteiger partial charge in [0.25, 0.3) is 0 Å². The van der Waals surface area contributed by atoms with E-state index in [0.717, 1.165) is 16.0 Å². The lowest BCUT2D eigenvalue weighted by atomic mass is 9.84. The largest absolute Gasteiger partial charge is 0.464 e. The summed E-state index contributed by atoms with van der Waals surface area (Å²) in [7, 11) is 0. The molecular weight excluding hydrogens is 495 g/mol. The van der Waals surface area contributed by atoms with Crippen molar-refractivity contribution in [1.29, 1.82) is 0 Å². The minimum atomic E-state index is -1.14. The summed E-state index contributed by atoms with van der Waals surface area (Å²) in [6, 6.07) is 19.9. The first-order valence-electron chi connectivity index (χ1n) is 12.7. The molecule has 0 unspecified atom stereocenters. The fourth-order valence-electron chi connectivity index (χ4n) is 5.78. The van der Waals surface area contributed by atoms with Gasteiger partial charge in [-0.05, 0) is 47.9 Å². The lowest BCUT2D eigenvalue weighted by molar-refractivity contribution is -0.150. The van der Waals surface area contributed by atoms with Crippen LogP contribution in [-0.2, 0) is 25.5 Å². The molecule has 0 spiro atoms. The Bertz CT molecular complexity index is 1480. The van der Waals surface area contributed by atoms with E-state index in [2.05, 4.69) is 12.5 Å². The summed E-state index contributed by atoms with van der Waals surface area (Å²) in [5.74, 6) is -1.24. The molecule has 2 aliphatic rings. The average Bonchev–Trinajstić information content (AvgIpc) is 3.42. The van der Waals surface area contributed by atoms with E-state index in [1.54, 1.807) is 54.3 Å². The van der Waals surface area contributed by atoms with Crippen LogP contribution < -0.4 is 4.90 Å². The van der Waals surface area contributed by atoms with Gasteiger partial charge in [0.2, 0.25) is 11.8 Å². The van der Waals surface area contributed by atoms with E-state index in [4.69, 9.17) is 11.2 Å². The van der Waals surface area contributed by atoms with Crippen LogP contribution in [0.5, 0.6) is 0 Å². The molecule has 7 heteroatoms. The number of esters is 1. The third-order valence-corrected chi connectivity index (χ3v) is 7.38. The number of imide groups is 1. The van der Waals surface area contributed by atoms with E-state index < -0.39 is 47.5 Å². The number of carbonyl (C=O) groups is 3. The predicted molar refractivity (Wildman–Crippen MR) is 145 cm³/mol. The number of para-hydroxylation sites is 1. The molecule has 0 bridgehead atoms. The Morgan fingerprint density at radius 1 is 0.974 bits per heavy atom. The molecule has 2 amide bonds. The van der Waals surface area contributed by atoms with Crippen LogP contribution in [0, 0.1) is 30.0 Å². The summed E-state index contributed by atoms with van der Waals surface area (Å²) in [4.78, 5) is 44.6. The first-order chi connectivity index (χ1) is 18.9. The van der Waals surface area contributed by atoms with Gasteiger partial charge in [-0.15, -0.1) is 12.3 Å². The quantitative estimate of drug-likeness (QED) is 0.254. The van der Waals surface area contributed by atoms with Gasteiger partial charge in [-0.1, -0.05) is 61.2 Å². The maximum absolute atomic E-state index is 14.1. The van der Waals surface area contributed by atoms with Crippen molar-refractivity contribution in [3.05, 3.63) is 108 Å². The Kier molecular flexibility index (Phi) is 7.03. The van der Waals surface area contributed by atoms with Crippen LogP contribution in [0.4, 0.5) is 10.1 Å².